The van der Waals surface area contributed by atoms with Gasteiger partial charge in [0.1, 0.15) is 0 Å². The van der Waals surface area contributed by atoms with Crippen molar-refractivity contribution >= 4 is 18.0 Å². The van der Waals surface area contributed by atoms with Crippen LogP contribution in [0.25, 0.3) is 10.9 Å². The van der Waals surface area contributed by atoms with Gasteiger partial charge in [0, 0.05) is 0 Å². The van der Waals surface area contributed by atoms with Crippen LogP contribution in [0.5, 0.6) is 0 Å². The zero-order valence-electron chi connectivity index (χ0n) is 5.74. The second-order valence-corrected chi connectivity index (χ2v) is 2.28. The summed E-state index contributed by atoms with van der Waals surface area (Å²) >= 11 is 0. The van der Waals surface area contributed by atoms with Crippen molar-refractivity contribution in [2.45, 2.75) is 0 Å². The van der Waals surface area contributed by atoms with E-state index in [1.54, 1.807) is 6.07 Å². The molecule has 0 spiro atoms. The molecule has 0 radical (unpaired) electrons. The molecule has 3 nitrogen and oxygen atoms in total. The number of nitrogens with zero attached hydrogens (tertiary/aromatic N) is 1. The van der Waals surface area contributed by atoms with Crippen LogP contribution in [0, 0.1) is 0 Å². The number of benzene rings is 1. The van der Waals surface area contributed by atoms with Crippen LogP contribution in [0.3, 0.4) is 0 Å². The zero-order valence-corrected chi connectivity index (χ0v) is 5.74. The fourth-order valence-electron chi connectivity index (χ4n) is 1.03. The van der Waals surface area contributed by atoms with Crippen LogP contribution >= 0.6 is 0 Å². The van der Waals surface area contributed by atoms with E-state index in [2.05, 4.69) is 10.1 Å². The number of H-pyrrole nitrogens is 1. The molecule has 0 amide bonds. The fraction of sp³-hybridized carbons (Fsp3) is 0. The molecule has 11 heavy (non-hydrogen) atoms. The van der Waals surface area contributed by atoms with Crippen LogP contribution in [-0.4, -0.2) is 17.2 Å². The number of hydrogen-bond donors (Lipinski definition) is 1. The van der Waals surface area contributed by atoms with Gasteiger partial charge in [-0.25, -0.2) is 0 Å². The molecule has 0 saturated carbocycles. The van der Waals surface area contributed by atoms with Gasteiger partial charge in [0.15, 0.2) is 0 Å². The van der Waals surface area contributed by atoms with Gasteiger partial charge in [0.05, 0.1) is 0 Å². The van der Waals surface area contributed by atoms with Crippen molar-refractivity contribution in [1.29, 1.82) is 0 Å². The second kappa shape index (κ2) is 2.30. The topological polar surface area (TPSA) is 45.8 Å². The molecule has 52 valence electrons. The number of aromatic nitrogens is 2. The van der Waals surface area contributed by atoms with Crippen LogP contribution in [-0.2, 0) is 0 Å². The monoisotopic (exact) mass is 144 g/mol. The molecule has 0 bridgehead atoms. The van der Waals surface area contributed by atoms with Gasteiger partial charge in [-0.3, -0.25) is 0 Å². The summed E-state index contributed by atoms with van der Waals surface area (Å²) in [6, 6.07) is 7.29. The van der Waals surface area contributed by atoms with Crippen molar-refractivity contribution in [2.24, 2.45) is 0 Å². The Morgan fingerprint density at radius 1 is 1.36 bits per heavy atom. The van der Waals surface area contributed by atoms with Crippen molar-refractivity contribution in [3.05, 3.63) is 34.4 Å². The SMILES string of the molecule is O=c1bn[nH]c2ccccc12. The van der Waals surface area contributed by atoms with Crippen LogP contribution in [0.2, 0.25) is 0 Å². The molecular weight excluding hydrogens is 139 g/mol. The standard InChI is InChI=1S/C7H5BN2O/c11-7-5-3-1-2-4-6(5)9-10-8-7/h1-4,9H. The van der Waals surface area contributed by atoms with E-state index >= 15 is 0 Å². The molecule has 0 aliphatic heterocycles. The molecule has 0 fully saturated rings. The number of para-hydroxylation sites is 1. The number of aromatic amines is 1. The van der Waals surface area contributed by atoms with Crippen molar-refractivity contribution in [3.8, 4) is 0 Å². The van der Waals surface area contributed by atoms with Crippen LogP contribution in [0.4, 0.5) is 0 Å². The van der Waals surface area contributed by atoms with Crippen molar-refractivity contribution in [1.82, 2.24) is 10.1 Å². The van der Waals surface area contributed by atoms with Crippen LogP contribution in [0.1, 0.15) is 0 Å². The van der Waals surface area contributed by atoms with Crippen LogP contribution < -0.4 is 5.32 Å². The number of fused-ring (bicyclic) bond motifs is 1. The summed E-state index contributed by atoms with van der Waals surface area (Å²) < 4.78 is 0. The summed E-state index contributed by atoms with van der Waals surface area (Å²) in [5.41, 5.74) is 0.778. The third-order valence-electron chi connectivity index (χ3n) is 1.56. The summed E-state index contributed by atoms with van der Waals surface area (Å²) in [4.78, 5) is 11.1. The molecule has 2 rings (SSSR count). The van der Waals surface area contributed by atoms with E-state index < -0.39 is 0 Å². The summed E-state index contributed by atoms with van der Waals surface area (Å²) in [6.07, 6.45) is 0. The maximum absolute atomic E-state index is 11.1. The maximum atomic E-state index is 11.1. The molecule has 0 saturated heterocycles. The predicted molar refractivity (Wildman–Crippen MR) is 43.7 cm³/mol. The Morgan fingerprint density at radius 2 is 2.18 bits per heavy atom. The molecule has 1 aromatic carbocycles. The van der Waals surface area contributed by atoms with Crippen molar-refractivity contribution < 1.29 is 0 Å². The molecule has 0 unspecified atom stereocenters. The third kappa shape index (κ3) is 0.961. The first-order valence-electron chi connectivity index (χ1n) is 3.30. The molecule has 1 N–H and O–H groups in total. The number of nitrogens with one attached hydrogen (secondary N) is 1. The normalized spacial score (nSPS) is 9.82. The molecule has 0 aliphatic carbocycles. The Labute approximate surface area is 63.3 Å². The van der Waals surface area contributed by atoms with Gasteiger partial charge in [0.2, 0.25) is 0 Å². The Balaban J connectivity index is 3.03. The van der Waals surface area contributed by atoms with Gasteiger partial charge in [-0.15, -0.1) is 0 Å². The van der Waals surface area contributed by atoms with Gasteiger partial charge in [-0.2, -0.15) is 0 Å². The van der Waals surface area contributed by atoms with E-state index in [1.807, 2.05) is 18.2 Å². The zero-order chi connectivity index (χ0) is 7.68. The molecule has 0 aliphatic rings. The minimum absolute atomic E-state index is 0.0423. The van der Waals surface area contributed by atoms with Gasteiger partial charge in [0.25, 0.3) is 0 Å². The second-order valence-electron chi connectivity index (χ2n) is 2.28. The van der Waals surface area contributed by atoms with Crippen LogP contribution in [0.15, 0.2) is 29.1 Å². The fourth-order valence-corrected chi connectivity index (χ4v) is 1.03. The first kappa shape index (κ1) is 6.28. The molecular formula is C7H5BN2O. The minimum atomic E-state index is -0.0423. The molecule has 2 aromatic rings. The summed E-state index contributed by atoms with van der Waals surface area (Å²) in [5.74, 6) is 0. The van der Waals surface area contributed by atoms with E-state index in [0.717, 1.165) is 5.52 Å². The Bertz CT molecular complexity index is 432. The Kier molecular flexibility index (Phi) is 1.32. The predicted octanol–water partition coefficient (Wildman–Crippen LogP) is 0.261. The third-order valence-corrected chi connectivity index (χ3v) is 1.56. The van der Waals surface area contributed by atoms with E-state index in [9.17, 15) is 4.79 Å². The average molecular weight is 144 g/mol. The summed E-state index contributed by atoms with van der Waals surface area (Å²) in [5, 5.41) is 7.06. The van der Waals surface area contributed by atoms with Gasteiger partial charge in [-0.05, 0) is 0 Å². The Morgan fingerprint density at radius 3 is 3.00 bits per heavy atom. The molecule has 0 atom stereocenters. The summed E-state index contributed by atoms with van der Waals surface area (Å²) in [6.45, 7) is 0. The molecule has 1 heterocycles. The van der Waals surface area contributed by atoms with E-state index in [-0.39, 0.29) is 5.32 Å². The average Bonchev–Trinajstić information content (AvgIpc) is 2.06. The quantitative estimate of drug-likeness (QED) is 0.576. The van der Waals surface area contributed by atoms with E-state index in [4.69, 9.17) is 0 Å². The van der Waals surface area contributed by atoms with Gasteiger partial charge in [-0.1, -0.05) is 0 Å². The van der Waals surface area contributed by atoms with Crippen molar-refractivity contribution in [3.63, 3.8) is 0 Å². The molecule has 1 aromatic heterocycles. The number of hydrogen-bond acceptors (Lipinski definition) is 2. The van der Waals surface area contributed by atoms with E-state index in [0.29, 0.717) is 5.39 Å². The first-order valence-corrected chi connectivity index (χ1v) is 3.30. The molecule has 4 heteroatoms. The van der Waals surface area contributed by atoms with Gasteiger partial charge >= 0.3 is 62.4 Å². The van der Waals surface area contributed by atoms with E-state index in [1.165, 1.54) is 7.05 Å². The first-order chi connectivity index (χ1) is 5.38. The summed E-state index contributed by atoms with van der Waals surface area (Å²) in [7, 11) is 1.28. The Hall–Kier alpha value is -1.45. The van der Waals surface area contributed by atoms with Gasteiger partial charge < -0.3 is 0 Å². The van der Waals surface area contributed by atoms with Crippen molar-refractivity contribution in [2.75, 3.05) is 0 Å². The number of rotatable bonds is 0.